The summed E-state index contributed by atoms with van der Waals surface area (Å²) in [6.07, 6.45) is 0. The first kappa shape index (κ1) is 14.6. The lowest BCUT2D eigenvalue weighted by atomic mass is 10.1. The second kappa shape index (κ2) is 7.70. The highest BCUT2D eigenvalue weighted by Gasteiger charge is 2.00. The molecule has 106 valence electrons. The van der Waals surface area contributed by atoms with E-state index in [4.69, 9.17) is 0 Å². The second-order valence-electron chi connectivity index (χ2n) is 4.61. The van der Waals surface area contributed by atoms with Gasteiger partial charge in [-0.05, 0) is 47.4 Å². The van der Waals surface area contributed by atoms with E-state index in [1.807, 2.05) is 0 Å². The van der Waals surface area contributed by atoms with Crippen LogP contribution in [-0.2, 0) is 13.1 Å². The Morgan fingerprint density at radius 1 is 1.20 bits per heavy atom. The van der Waals surface area contributed by atoms with E-state index >= 15 is 0 Å². The minimum absolute atomic E-state index is 0.715. The van der Waals surface area contributed by atoms with Gasteiger partial charge in [0.15, 0.2) is 5.96 Å². The van der Waals surface area contributed by atoms with Crippen LogP contribution in [0.4, 0.5) is 0 Å². The highest BCUT2D eigenvalue weighted by molar-refractivity contribution is 7.07. The summed E-state index contributed by atoms with van der Waals surface area (Å²) in [5.41, 5.74) is 3.85. The van der Waals surface area contributed by atoms with E-state index in [0.29, 0.717) is 6.54 Å². The fourth-order valence-electron chi connectivity index (χ4n) is 1.88. The van der Waals surface area contributed by atoms with E-state index < -0.39 is 0 Å². The molecule has 4 heteroatoms. The van der Waals surface area contributed by atoms with Gasteiger partial charge in [0.1, 0.15) is 0 Å². The quantitative estimate of drug-likeness (QED) is 0.654. The first-order valence-electron chi connectivity index (χ1n) is 6.87. The van der Waals surface area contributed by atoms with E-state index in [1.54, 1.807) is 11.3 Å². The Morgan fingerprint density at radius 3 is 2.75 bits per heavy atom. The Hall–Kier alpha value is -1.81. The molecule has 0 saturated heterocycles. The SMILES string of the molecule is CCNC(=NCc1ccsc1)NCc1ccccc1C. The van der Waals surface area contributed by atoms with Crippen LogP contribution in [0.1, 0.15) is 23.6 Å². The van der Waals surface area contributed by atoms with Gasteiger partial charge >= 0.3 is 0 Å². The number of aryl methyl sites for hydroxylation is 1. The third-order valence-corrected chi connectivity index (χ3v) is 3.78. The maximum absolute atomic E-state index is 4.60. The molecule has 0 fully saturated rings. The lowest BCUT2D eigenvalue weighted by molar-refractivity contribution is 0.813. The summed E-state index contributed by atoms with van der Waals surface area (Å²) in [4.78, 5) is 4.60. The standard InChI is InChI=1S/C16H21N3S/c1-3-17-16(18-10-14-8-9-20-12-14)19-11-15-7-5-4-6-13(15)2/h4-9,12H,3,10-11H2,1-2H3,(H2,17,18,19). The van der Waals surface area contributed by atoms with Crippen LogP contribution in [0.15, 0.2) is 46.1 Å². The van der Waals surface area contributed by atoms with Gasteiger partial charge < -0.3 is 10.6 Å². The summed E-state index contributed by atoms with van der Waals surface area (Å²) in [5.74, 6) is 0.863. The Bertz CT molecular complexity index is 547. The van der Waals surface area contributed by atoms with Gasteiger partial charge in [0, 0.05) is 13.1 Å². The molecular weight excluding hydrogens is 266 g/mol. The van der Waals surface area contributed by atoms with Gasteiger partial charge in [0.2, 0.25) is 0 Å². The molecule has 0 amide bonds. The van der Waals surface area contributed by atoms with Crippen LogP contribution in [0.5, 0.6) is 0 Å². The number of thiophene rings is 1. The minimum Gasteiger partial charge on any atom is -0.357 e. The molecule has 0 aliphatic rings. The highest BCUT2D eigenvalue weighted by atomic mass is 32.1. The van der Waals surface area contributed by atoms with Crippen LogP contribution in [0.2, 0.25) is 0 Å². The number of nitrogens with zero attached hydrogens (tertiary/aromatic N) is 1. The highest BCUT2D eigenvalue weighted by Crippen LogP contribution is 2.08. The predicted octanol–water partition coefficient (Wildman–Crippen LogP) is 3.31. The van der Waals surface area contributed by atoms with Crippen molar-refractivity contribution in [2.24, 2.45) is 4.99 Å². The first-order valence-corrected chi connectivity index (χ1v) is 7.81. The molecule has 20 heavy (non-hydrogen) atoms. The number of hydrogen-bond acceptors (Lipinski definition) is 2. The molecule has 2 aromatic rings. The molecule has 2 rings (SSSR count). The molecule has 0 spiro atoms. The van der Waals surface area contributed by atoms with Crippen molar-refractivity contribution < 1.29 is 0 Å². The van der Waals surface area contributed by atoms with Crippen LogP contribution >= 0.6 is 11.3 Å². The molecule has 2 N–H and O–H groups in total. The second-order valence-corrected chi connectivity index (χ2v) is 5.39. The minimum atomic E-state index is 0.715. The zero-order chi connectivity index (χ0) is 14.2. The summed E-state index contributed by atoms with van der Waals surface area (Å²) in [6, 6.07) is 10.5. The number of aliphatic imine (C=N–C) groups is 1. The third kappa shape index (κ3) is 4.38. The molecule has 0 aliphatic heterocycles. The zero-order valence-corrected chi connectivity index (χ0v) is 12.8. The maximum atomic E-state index is 4.60. The van der Waals surface area contributed by atoms with Crippen molar-refractivity contribution in [1.82, 2.24) is 10.6 Å². The number of nitrogens with one attached hydrogen (secondary N) is 2. The summed E-state index contributed by atoms with van der Waals surface area (Å²) in [6.45, 7) is 6.58. The average molecular weight is 287 g/mol. The van der Waals surface area contributed by atoms with Gasteiger partial charge in [-0.15, -0.1) is 0 Å². The first-order chi connectivity index (χ1) is 9.79. The summed E-state index contributed by atoms with van der Waals surface area (Å²) in [5, 5.41) is 10.9. The Labute approximate surface area is 124 Å². The van der Waals surface area contributed by atoms with E-state index in [9.17, 15) is 0 Å². The molecule has 1 aromatic heterocycles. The Balaban J connectivity index is 1.95. The van der Waals surface area contributed by atoms with E-state index in [-0.39, 0.29) is 0 Å². The van der Waals surface area contributed by atoms with Gasteiger partial charge in [-0.25, -0.2) is 4.99 Å². The van der Waals surface area contributed by atoms with Crippen molar-refractivity contribution in [3.63, 3.8) is 0 Å². The molecule has 0 aliphatic carbocycles. The van der Waals surface area contributed by atoms with Crippen LogP contribution in [0, 0.1) is 6.92 Å². The van der Waals surface area contributed by atoms with E-state index in [2.05, 4.69) is 70.6 Å². The molecule has 0 saturated carbocycles. The largest absolute Gasteiger partial charge is 0.357 e. The zero-order valence-electron chi connectivity index (χ0n) is 12.0. The molecule has 0 atom stereocenters. The summed E-state index contributed by atoms with van der Waals surface area (Å²) in [7, 11) is 0. The van der Waals surface area contributed by atoms with Crippen LogP contribution in [0.3, 0.4) is 0 Å². The molecule has 0 unspecified atom stereocenters. The predicted molar refractivity (Wildman–Crippen MR) is 87.2 cm³/mol. The lowest BCUT2D eigenvalue weighted by Crippen LogP contribution is -2.36. The maximum Gasteiger partial charge on any atom is 0.191 e. The molecule has 1 aromatic carbocycles. The van der Waals surface area contributed by atoms with Gasteiger partial charge in [0.25, 0.3) is 0 Å². The fourth-order valence-corrected chi connectivity index (χ4v) is 2.54. The van der Waals surface area contributed by atoms with Crippen LogP contribution < -0.4 is 10.6 Å². The number of hydrogen-bond donors (Lipinski definition) is 2. The smallest absolute Gasteiger partial charge is 0.191 e. The van der Waals surface area contributed by atoms with Gasteiger partial charge in [-0.1, -0.05) is 24.3 Å². The molecule has 3 nitrogen and oxygen atoms in total. The van der Waals surface area contributed by atoms with Gasteiger partial charge in [0.05, 0.1) is 6.54 Å². The normalized spacial score (nSPS) is 11.4. The molecule has 1 heterocycles. The van der Waals surface area contributed by atoms with Crippen LogP contribution in [0.25, 0.3) is 0 Å². The van der Waals surface area contributed by atoms with Crippen molar-refractivity contribution in [2.75, 3.05) is 6.54 Å². The van der Waals surface area contributed by atoms with Gasteiger partial charge in [-0.3, -0.25) is 0 Å². The van der Waals surface area contributed by atoms with Crippen LogP contribution in [-0.4, -0.2) is 12.5 Å². The molecule has 0 bridgehead atoms. The Morgan fingerprint density at radius 2 is 2.05 bits per heavy atom. The van der Waals surface area contributed by atoms with Crippen molar-refractivity contribution in [2.45, 2.75) is 26.9 Å². The Kier molecular flexibility index (Phi) is 5.62. The molecule has 0 radical (unpaired) electrons. The summed E-state index contributed by atoms with van der Waals surface area (Å²) < 4.78 is 0. The number of rotatable bonds is 5. The average Bonchev–Trinajstić information content (AvgIpc) is 2.97. The van der Waals surface area contributed by atoms with Crippen molar-refractivity contribution in [3.05, 3.63) is 57.8 Å². The fraction of sp³-hybridized carbons (Fsp3) is 0.312. The van der Waals surface area contributed by atoms with Crippen molar-refractivity contribution in [1.29, 1.82) is 0 Å². The van der Waals surface area contributed by atoms with E-state index in [1.165, 1.54) is 16.7 Å². The number of guanidine groups is 1. The topological polar surface area (TPSA) is 36.4 Å². The summed E-state index contributed by atoms with van der Waals surface area (Å²) >= 11 is 1.71. The van der Waals surface area contributed by atoms with Crippen molar-refractivity contribution in [3.8, 4) is 0 Å². The molecular formula is C16H21N3S. The third-order valence-electron chi connectivity index (χ3n) is 3.05. The van der Waals surface area contributed by atoms with Gasteiger partial charge in [-0.2, -0.15) is 11.3 Å². The number of benzene rings is 1. The monoisotopic (exact) mass is 287 g/mol. The van der Waals surface area contributed by atoms with Crippen molar-refractivity contribution >= 4 is 17.3 Å². The lowest BCUT2D eigenvalue weighted by Gasteiger charge is -2.12. The van der Waals surface area contributed by atoms with E-state index in [0.717, 1.165) is 19.0 Å².